The molecule has 1 N–H and O–H groups in total. The van der Waals surface area contributed by atoms with Crippen LogP contribution in [0.5, 0.6) is 0 Å². The smallest absolute Gasteiger partial charge is 0.338 e. The Labute approximate surface area is 452 Å². The van der Waals surface area contributed by atoms with Gasteiger partial charge < -0.3 is 52.5 Å². The van der Waals surface area contributed by atoms with Crippen LogP contribution in [0.2, 0.25) is 0 Å². The van der Waals surface area contributed by atoms with E-state index in [1.807, 2.05) is 0 Å². The average Bonchev–Trinajstić information content (AvgIpc) is 3.60. The Morgan fingerprint density at radius 2 is 0.557 bits per heavy atom. The summed E-state index contributed by atoms with van der Waals surface area (Å²) in [4.78, 5) is 98.6. The van der Waals surface area contributed by atoms with Gasteiger partial charge in [0.2, 0.25) is 0 Å². The third-order valence-electron chi connectivity index (χ3n) is 12.5. The van der Waals surface area contributed by atoms with Gasteiger partial charge in [0.1, 0.15) is 31.5 Å². The van der Waals surface area contributed by atoms with Crippen molar-refractivity contribution in [3.63, 3.8) is 0 Å². The summed E-state index contributed by atoms with van der Waals surface area (Å²) in [5.41, 5.74) is 0.298. The maximum absolute atomic E-state index is 14.5. The summed E-state index contributed by atoms with van der Waals surface area (Å²) < 4.78 is 62.0. The fourth-order valence-electron chi connectivity index (χ4n) is 8.59. The van der Waals surface area contributed by atoms with Gasteiger partial charge in [-0.25, -0.2) is 33.6 Å². The Morgan fingerprint density at radius 1 is 0.304 bits per heavy atom. The van der Waals surface area contributed by atoms with E-state index in [9.17, 15) is 38.7 Å². The lowest BCUT2D eigenvalue weighted by molar-refractivity contribution is -0.352. The quantitative estimate of drug-likeness (QED) is 0.0642. The molecular formula is C61H50O18. The first-order chi connectivity index (χ1) is 38.5. The topological polar surface area (TPSA) is 232 Å². The van der Waals surface area contributed by atoms with Crippen molar-refractivity contribution < 1.29 is 86.0 Å². The van der Waals surface area contributed by atoms with Gasteiger partial charge in [-0.05, 0) is 84.9 Å². The molecule has 0 radical (unpaired) electrons. The highest BCUT2D eigenvalue weighted by atomic mass is 16.8. The van der Waals surface area contributed by atoms with Crippen LogP contribution in [0, 0.1) is 0 Å². The van der Waals surface area contributed by atoms with Crippen LogP contribution in [-0.4, -0.2) is 122 Å². The fraction of sp³-hybridized carbons (Fsp3) is 0.197. The standard InChI is InChI=1S/C61H50O18/c62-53(38-22-8-1-9-23-38)70-36-45-48(49(75-56(65)41-28-14-4-15-29-41)51(60(69)72-45)77-58(67)43-32-18-6-19-33-43)79-61-52(78-59(68)44-34-20-7-21-35-44)50(76-57(66)42-30-16-5-17-31-42)47(74-55(64)40-26-12-3-13-27-40)46(73-61)37-71-54(63)39-24-10-2-11-25-39/h1-35,45-52,60-61,69H,36-37H2/t45-,46-,47?,48-,49+,50+,51-,52-,60+,61+/m1/s1. The Balaban J connectivity index is 1.18. The van der Waals surface area contributed by atoms with Crippen LogP contribution in [0.1, 0.15) is 72.5 Å². The zero-order chi connectivity index (χ0) is 55.1. The van der Waals surface area contributed by atoms with Crippen LogP contribution < -0.4 is 0 Å². The van der Waals surface area contributed by atoms with E-state index in [1.165, 1.54) is 84.9 Å². The molecule has 2 aliphatic rings. The zero-order valence-electron chi connectivity index (χ0n) is 41.8. The molecule has 402 valence electrons. The van der Waals surface area contributed by atoms with Crippen molar-refractivity contribution >= 4 is 41.8 Å². The number of esters is 7. The number of carbonyl (C=O) groups excluding carboxylic acids is 7. The van der Waals surface area contributed by atoms with Crippen LogP contribution in [0.3, 0.4) is 0 Å². The predicted molar refractivity (Wildman–Crippen MR) is 276 cm³/mol. The second kappa shape index (κ2) is 26.1. The van der Waals surface area contributed by atoms with E-state index < -0.39 is 116 Å². The number of aliphatic hydroxyl groups excluding tert-OH is 1. The number of benzene rings is 7. The van der Waals surface area contributed by atoms with Gasteiger partial charge in [-0.3, -0.25) is 0 Å². The molecule has 2 heterocycles. The van der Waals surface area contributed by atoms with Crippen molar-refractivity contribution in [1.29, 1.82) is 0 Å². The minimum Gasteiger partial charge on any atom is -0.459 e. The van der Waals surface area contributed by atoms with Crippen molar-refractivity contribution in [2.75, 3.05) is 13.2 Å². The highest BCUT2D eigenvalue weighted by Crippen LogP contribution is 2.36. The van der Waals surface area contributed by atoms with Crippen molar-refractivity contribution in [1.82, 2.24) is 0 Å². The third-order valence-corrected chi connectivity index (χ3v) is 12.5. The normalized spacial score (nSPS) is 22.4. The third kappa shape index (κ3) is 13.8. The molecule has 0 amide bonds. The van der Waals surface area contributed by atoms with Crippen LogP contribution in [0.15, 0.2) is 212 Å². The molecule has 0 bridgehead atoms. The highest BCUT2D eigenvalue weighted by molar-refractivity contribution is 5.93. The zero-order valence-corrected chi connectivity index (χ0v) is 41.8. The van der Waals surface area contributed by atoms with Crippen LogP contribution >= 0.6 is 0 Å². The Hall–Kier alpha value is -9.33. The lowest BCUT2D eigenvalue weighted by Gasteiger charge is -2.48. The van der Waals surface area contributed by atoms with Gasteiger partial charge in [-0.15, -0.1) is 0 Å². The number of rotatable bonds is 18. The van der Waals surface area contributed by atoms with Gasteiger partial charge in [0.15, 0.2) is 43.1 Å². The number of hydrogen-bond acceptors (Lipinski definition) is 18. The number of aliphatic hydroxyl groups is 1. The molecule has 18 nitrogen and oxygen atoms in total. The summed E-state index contributed by atoms with van der Waals surface area (Å²) in [7, 11) is 0. The van der Waals surface area contributed by atoms with Gasteiger partial charge in [0.05, 0.1) is 38.9 Å². The predicted octanol–water partition coefficient (Wildman–Crippen LogP) is 7.66. The monoisotopic (exact) mass is 1070 g/mol. The van der Waals surface area contributed by atoms with Crippen LogP contribution in [-0.2, 0) is 47.4 Å². The lowest BCUT2D eigenvalue weighted by atomic mass is 9.95. The van der Waals surface area contributed by atoms with Crippen molar-refractivity contribution in [3.05, 3.63) is 251 Å². The van der Waals surface area contributed by atoms with Gasteiger partial charge in [0, 0.05) is 0 Å². The summed E-state index contributed by atoms with van der Waals surface area (Å²) in [6.07, 6.45) is -19.0. The van der Waals surface area contributed by atoms with E-state index in [0.717, 1.165) is 0 Å². The number of hydrogen-bond donors (Lipinski definition) is 1. The van der Waals surface area contributed by atoms with Gasteiger partial charge >= 0.3 is 41.8 Å². The molecule has 2 fully saturated rings. The molecule has 9 rings (SSSR count). The largest absolute Gasteiger partial charge is 0.459 e. The van der Waals surface area contributed by atoms with E-state index in [1.54, 1.807) is 127 Å². The molecule has 0 aromatic heterocycles. The summed E-state index contributed by atoms with van der Waals surface area (Å²) >= 11 is 0. The summed E-state index contributed by atoms with van der Waals surface area (Å²) in [6.45, 7) is -1.50. The first-order valence-electron chi connectivity index (χ1n) is 24.9. The average molecular weight is 1070 g/mol. The second-order valence-corrected chi connectivity index (χ2v) is 17.8. The molecule has 0 aliphatic carbocycles. The second-order valence-electron chi connectivity index (χ2n) is 17.8. The van der Waals surface area contributed by atoms with Gasteiger partial charge in [-0.2, -0.15) is 0 Å². The minimum absolute atomic E-state index is 0.00210. The molecule has 1 unspecified atom stereocenters. The van der Waals surface area contributed by atoms with Gasteiger partial charge in [0.25, 0.3) is 0 Å². The minimum atomic E-state index is -2.12. The van der Waals surface area contributed by atoms with Crippen LogP contribution in [0.25, 0.3) is 0 Å². The maximum atomic E-state index is 14.5. The SMILES string of the molecule is O=C(OC[C@H]1O[C@@H](O[C@H]2[C@H](OC(=O)c3ccccc3)[C@@H](OC(=O)c3ccccc3)[C@@H](O)O[C@@H]2COC(=O)c2ccccc2)[C@H](OC(=O)c2ccccc2)[C@@H](OC(=O)c2ccccc2)C1OC(=O)c1ccccc1)c1ccccc1. The molecule has 7 aromatic rings. The molecule has 0 saturated carbocycles. The van der Waals surface area contributed by atoms with E-state index in [2.05, 4.69) is 0 Å². The molecule has 18 heteroatoms. The lowest BCUT2D eigenvalue weighted by Crippen LogP contribution is -2.67. The highest BCUT2D eigenvalue weighted by Gasteiger charge is 2.58. The molecule has 2 aliphatic heterocycles. The number of ether oxygens (including phenoxy) is 10. The first kappa shape index (κ1) is 54.5. The molecule has 10 atom stereocenters. The molecule has 0 spiro atoms. The Kier molecular flexibility index (Phi) is 18.0. The first-order valence-corrected chi connectivity index (χ1v) is 24.9. The Bertz CT molecular complexity index is 3170. The molecule has 79 heavy (non-hydrogen) atoms. The van der Waals surface area contributed by atoms with Crippen molar-refractivity contribution in [3.8, 4) is 0 Å². The van der Waals surface area contributed by atoms with Crippen LogP contribution in [0.4, 0.5) is 0 Å². The van der Waals surface area contributed by atoms with Gasteiger partial charge in [-0.1, -0.05) is 127 Å². The molecular weight excluding hydrogens is 1020 g/mol. The summed E-state index contributed by atoms with van der Waals surface area (Å²) in [6, 6.07) is 54.1. The fourth-order valence-corrected chi connectivity index (χ4v) is 8.59. The molecule has 2 saturated heterocycles. The summed E-state index contributed by atoms with van der Waals surface area (Å²) in [5, 5.41) is 11.9. The van der Waals surface area contributed by atoms with E-state index in [0.29, 0.717) is 0 Å². The van der Waals surface area contributed by atoms with Crippen molar-refractivity contribution in [2.45, 2.75) is 61.4 Å². The molecule has 7 aromatic carbocycles. The summed E-state index contributed by atoms with van der Waals surface area (Å²) in [5.74, 6) is -6.72. The maximum Gasteiger partial charge on any atom is 0.338 e. The van der Waals surface area contributed by atoms with E-state index >= 15 is 0 Å². The Morgan fingerprint density at radius 3 is 0.886 bits per heavy atom. The van der Waals surface area contributed by atoms with E-state index in [4.69, 9.17) is 47.4 Å². The van der Waals surface area contributed by atoms with Crippen molar-refractivity contribution in [2.24, 2.45) is 0 Å². The van der Waals surface area contributed by atoms with E-state index in [-0.39, 0.29) is 38.9 Å². The number of carbonyl (C=O) groups is 7.